The Morgan fingerprint density at radius 3 is 2.42 bits per heavy atom. The molecule has 1 aromatic carbocycles. The summed E-state index contributed by atoms with van der Waals surface area (Å²) < 4.78 is 1.93. The van der Waals surface area contributed by atoms with Crippen molar-refractivity contribution in [3.8, 4) is 0 Å². The first kappa shape index (κ1) is 22.8. The smallest absolute Gasteiger partial charge is 0.253 e. The highest BCUT2D eigenvalue weighted by atomic mass is 16.2. The van der Waals surface area contributed by atoms with E-state index in [4.69, 9.17) is 0 Å². The molecule has 2 heterocycles. The van der Waals surface area contributed by atoms with E-state index in [-0.39, 0.29) is 11.9 Å². The van der Waals surface area contributed by atoms with Gasteiger partial charge >= 0.3 is 0 Å². The lowest BCUT2D eigenvalue weighted by molar-refractivity contribution is 0.0724. The number of amides is 1. The van der Waals surface area contributed by atoms with Crippen molar-refractivity contribution in [2.45, 2.75) is 59.0 Å². The molecule has 3 rings (SSSR count). The van der Waals surface area contributed by atoms with Gasteiger partial charge in [0.2, 0.25) is 0 Å². The van der Waals surface area contributed by atoms with E-state index in [0.717, 1.165) is 55.1 Å². The molecule has 7 heteroatoms. The fourth-order valence-corrected chi connectivity index (χ4v) is 4.13. The first-order valence-electron chi connectivity index (χ1n) is 11.2. The lowest BCUT2D eigenvalue weighted by Crippen LogP contribution is -2.42. The number of piperidine rings is 1. The van der Waals surface area contributed by atoms with Crippen LogP contribution in [0.15, 0.2) is 29.3 Å². The number of likely N-dealkylation sites (tertiary alicyclic amines) is 1. The second-order valence-electron chi connectivity index (χ2n) is 8.50. The lowest BCUT2D eigenvalue weighted by atomic mass is 10.1. The second kappa shape index (κ2) is 10.5. The Balaban J connectivity index is 1.51. The Bertz CT molecular complexity index is 909. The summed E-state index contributed by atoms with van der Waals surface area (Å²) in [5.74, 6) is 0.909. The molecule has 1 amide bonds. The number of aromatic nitrogens is 2. The van der Waals surface area contributed by atoms with Gasteiger partial charge in [-0.05, 0) is 69.7 Å². The van der Waals surface area contributed by atoms with Gasteiger partial charge in [-0.1, -0.05) is 12.1 Å². The van der Waals surface area contributed by atoms with Gasteiger partial charge in [0.1, 0.15) is 0 Å². The van der Waals surface area contributed by atoms with Crippen molar-refractivity contribution in [1.82, 2.24) is 25.3 Å². The van der Waals surface area contributed by atoms with Crippen molar-refractivity contribution in [1.29, 1.82) is 0 Å². The Morgan fingerprint density at radius 2 is 1.84 bits per heavy atom. The van der Waals surface area contributed by atoms with Crippen molar-refractivity contribution in [2.75, 3.05) is 20.1 Å². The predicted molar refractivity (Wildman–Crippen MR) is 125 cm³/mol. The summed E-state index contributed by atoms with van der Waals surface area (Å²) in [5.41, 5.74) is 5.45. The Labute approximate surface area is 185 Å². The molecule has 0 bridgehead atoms. The van der Waals surface area contributed by atoms with Gasteiger partial charge in [0.15, 0.2) is 5.96 Å². The van der Waals surface area contributed by atoms with Crippen LogP contribution in [0.1, 0.15) is 59.1 Å². The molecule has 0 radical (unpaired) electrons. The molecule has 2 N–H and O–H groups in total. The summed E-state index contributed by atoms with van der Waals surface area (Å²) in [6.07, 6.45) is 4.33. The molecule has 1 fully saturated rings. The van der Waals surface area contributed by atoms with Crippen molar-refractivity contribution in [3.05, 3.63) is 52.3 Å². The molecule has 168 valence electrons. The molecule has 1 aliphatic heterocycles. The minimum Gasteiger partial charge on any atom is -0.354 e. The molecular weight excluding hydrogens is 388 g/mol. The second-order valence-corrected chi connectivity index (χ2v) is 8.50. The predicted octanol–water partition coefficient (Wildman–Crippen LogP) is 2.96. The maximum atomic E-state index is 12.6. The first-order valence-corrected chi connectivity index (χ1v) is 11.2. The molecule has 0 aliphatic carbocycles. The summed E-state index contributed by atoms with van der Waals surface area (Å²) in [5, 5.41) is 11.3. The number of rotatable bonds is 6. The van der Waals surface area contributed by atoms with Gasteiger partial charge < -0.3 is 15.5 Å². The van der Waals surface area contributed by atoms with E-state index in [0.29, 0.717) is 6.54 Å². The summed E-state index contributed by atoms with van der Waals surface area (Å²) in [7, 11) is 3.76. The number of aryl methyl sites for hydroxylation is 2. The van der Waals surface area contributed by atoms with Gasteiger partial charge in [0, 0.05) is 51.0 Å². The molecule has 1 aliphatic rings. The summed E-state index contributed by atoms with van der Waals surface area (Å²) >= 11 is 0. The summed E-state index contributed by atoms with van der Waals surface area (Å²) in [4.78, 5) is 18.9. The average molecular weight is 425 g/mol. The molecule has 2 aromatic rings. The van der Waals surface area contributed by atoms with E-state index < -0.39 is 0 Å². The molecule has 1 unspecified atom stereocenters. The van der Waals surface area contributed by atoms with E-state index in [1.807, 2.05) is 40.9 Å². The maximum absolute atomic E-state index is 12.6. The number of aliphatic imine (C=N–C) groups is 1. The molecule has 0 spiro atoms. The van der Waals surface area contributed by atoms with E-state index >= 15 is 0 Å². The fraction of sp³-hybridized carbons (Fsp3) is 0.542. The normalized spacial score (nSPS) is 15.6. The van der Waals surface area contributed by atoms with Gasteiger partial charge in [-0.2, -0.15) is 5.10 Å². The molecule has 1 aromatic heterocycles. The number of hydrogen-bond acceptors (Lipinski definition) is 3. The van der Waals surface area contributed by atoms with Crippen LogP contribution in [0.5, 0.6) is 0 Å². The molecular formula is C24H36N6O. The zero-order valence-electron chi connectivity index (χ0n) is 19.5. The van der Waals surface area contributed by atoms with Crippen LogP contribution in [0.2, 0.25) is 0 Å². The number of nitrogens with zero attached hydrogens (tertiary/aromatic N) is 4. The topological polar surface area (TPSA) is 74.6 Å². The standard InChI is InChI=1S/C24H36N6O/c1-17(15-22-18(2)28-29(5)19(22)3)27-24(25-4)26-16-20-9-11-21(12-10-20)23(31)30-13-7-6-8-14-30/h9-12,17H,6-8,13-16H2,1-5H3,(H2,25,26,27). The third-order valence-corrected chi connectivity index (χ3v) is 6.08. The highest BCUT2D eigenvalue weighted by molar-refractivity contribution is 5.94. The average Bonchev–Trinajstić information content (AvgIpc) is 3.03. The van der Waals surface area contributed by atoms with Crippen LogP contribution >= 0.6 is 0 Å². The first-order chi connectivity index (χ1) is 14.9. The number of nitrogens with one attached hydrogen (secondary N) is 2. The highest BCUT2D eigenvalue weighted by Gasteiger charge is 2.18. The number of benzene rings is 1. The van der Waals surface area contributed by atoms with Crippen LogP contribution in [-0.4, -0.2) is 52.7 Å². The zero-order chi connectivity index (χ0) is 22.4. The number of guanidine groups is 1. The molecule has 1 atom stereocenters. The molecule has 31 heavy (non-hydrogen) atoms. The van der Waals surface area contributed by atoms with Crippen LogP contribution in [-0.2, 0) is 20.0 Å². The van der Waals surface area contributed by atoms with Crippen molar-refractivity contribution >= 4 is 11.9 Å². The largest absolute Gasteiger partial charge is 0.354 e. The van der Waals surface area contributed by atoms with Crippen molar-refractivity contribution in [2.24, 2.45) is 12.0 Å². The Morgan fingerprint density at radius 1 is 1.16 bits per heavy atom. The number of carbonyl (C=O) groups excluding carboxylic acids is 1. The van der Waals surface area contributed by atoms with Crippen LogP contribution in [0.3, 0.4) is 0 Å². The third-order valence-electron chi connectivity index (χ3n) is 6.08. The van der Waals surface area contributed by atoms with Crippen molar-refractivity contribution in [3.63, 3.8) is 0 Å². The maximum Gasteiger partial charge on any atom is 0.253 e. The van der Waals surface area contributed by atoms with Gasteiger partial charge in [-0.15, -0.1) is 0 Å². The lowest BCUT2D eigenvalue weighted by Gasteiger charge is -2.26. The van der Waals surface area contributed by atoms with Crippen LogP contribution < -0.4 is 10.6 Å². The minimum absolute atomic E-state index is 0.145. The van der Waals surface area contributed by atoms with Crippen LogP contribution in [0, 0.1) is 13.8 Å². The van der Waals surface area contributed by atoms with Crippen LogP contribution in [0.25, 0.3) is 0 Å². The van der Waals surface area contributed by atoms with Crippen molar-refractivity contribution < 1.29 is 4.79 Å². The van der Waals surface area contributed by atoms with Gasteiger partial charge in [0.05, 0.1) is 5.69 Å². The Hall–Kier alpha value is -2.83. The zero-order valence-corrected chi connectivity index (χ0v) is 19.5. The quantitative estimate of drug-likeness (QED) is 0.552. The summed E-state index contributed by atoms with van der Waals surface area (Å²) in [6, 6.07) is 8.12. The number of hydrogen-bond donors (Lipinski definition) is 2. The van der Waals surface area contributed by atoms with Gasteiger partial charge in [-0.3, -0.25) is 14.5 Å². The monoisotopic (exact) mass is 424 g/mol. The molecule has 0 saturated carbocycles. The third kappa shape index (κ3) is 5.87. The molecule has 1 saturated heterocycles. The van der Waals surface area contributed by atoms with E-state index in [1.165, 1.54) is 17.7 Å². The van der Waals surface area contributed by atoms with E-state index in [1.54, 1.807) is 7.05 Å². The SMILES string of the molecule is CN=C(NCc1ccc(C(=O)N2CCCCC2)cc1)NC(C)Cc1c(C)nn(C)c1C. The van der Waals surface area contributed by atoms with E-state index in [2.05, 4.69) is 41.5 Å². The number of carbonyl (C=O) groups is 1. The minimum atomic E-state index is 0.145. The van der Waals surface area contributed by atoms with Gasteiger partial charge in [-0.25, -0.2) is 0 Å². The van der Waals surface area contributed by atoms with Gasteiger partial charge in [0.25, 0.3) is 5.91 Å². The van der Waals surface area contributed by atoms with Crippen LogP contribution in [0.4, 0.5) is 0 Å². The summed E-state index contributed by atoms with van der Waals surface area (Å²) in [6.45, 7) is 8.71. The highest BCUT2D eigenvalue weighted by Crippen LogP contribution is 2.15. The van der Waals surface area contributed by atoms with E-state index in [9.17, 15) is 4.79 Å². The Kier molecular flexibility index (Phi) is 7.71. The fourth-order valence-electron chi connectivity index (χ4n) is 4.13. The molecule has 7 nitrogen and oxygen atoms in total.